The fourth-order valence-corrected chi connectivity index (χ4v) is 3.71. The molecule has 6 nitrogen and oxygen atoms in total. The normalized spacial score (nSPS) is 16.3. The van der Waals surface area contributed by atoms with Gasteiger partial charge in [-0.15, -0.1) is 0 Å². The second-order valence-corrected chi connectivity index (χ2v) is 8.24. The second-order valence-electron chi connectivity index (χ2n) is 7.45. The minimum absolute atomic E-state index is 0.241. The quantitative estimate of drug-likeness (QED) is 0.502. The van der Waals surface area contributed by atoms with E-state index in [2.05, 4.69) is 10.6 Å². The lowest BCUT2D eigenvalue weighted by Gasteiger charge is -2.35. The first-order valence-electron chi connectivity index (χ1n) is 9.81. The number of thiocarbonyl (C=S) groups is 1. The molecule has 0 saturated carbocycles. The molecule has 0 radical (unpaired) electrons. The molecule has 1 aliphatic rings. The number of amides is 1. The molecule has 1 aliphatic heterocycles. The summed E-state index contributed by atoms with van der Waals surface area (Å²) in [7, 11) is 1.80. The second kappa shape index (κ2) is 9.49. The number of anilines is 1. The van der Waals surface area contributed by atoms with Gasteiger partial charge in [0.2, 0.25) is 0 Å². The molecule has 0 bridgehead atoms. The van der Waals surface area contributed by atoms with Gasteiger partial charge in [0.25, 0.3) is 5.91 Å². The van der Waals surface area contributed by atoms with Gasteiger partial charge in [-0.1, -0.05) is 35.9 Å². The van der Waals surface area contributed by atoms with Gasteiger partial charge in [-0.3, -0.25) is 4.79 Å². The average molecular weight is 458 g/mol. The van der Waals surface area contributed by atoms with Crippen molar-refractivity contribution in [3.8, 4) is 0 Å². The monoisotopic (exact) mass is 457 g/mol. The van der Waals surface area contributed by atoms with E-state index < -0.39 is 12.0 Å². The Morgan fingerprint density at radius 3 is 2.42 bits per heavy atom. The fraction of sp³-hybridized carbons (Fsp3) is 0.261. The van der Waals surface area contributed by atoms with Crippen LogP contribution in [0.15, 0.2) is 59.8 Å². The van der Waals surface area contributed by atoms with E-state index in [4.69, 9.17) is 28.6 Å². The van der Waals surface area contributed by atoms with Crippen LogP contribution >= 0.6 is 23.8 Å². The summed E-state index contributed by atoms with van der Waals surface area (Å²) in [6.07, 6.45) is -0.241. The molecule has 3 rings (SSSR count). The molecule has 1 amide bonds. The fourth-order valence-electron chi connectivity index (χ4n) is 3.23. The van der Waals surface area contributed by atoms with Gasteiger partial charge in [-0.25, -0.2) is 4.79 Å². The summed E-state index contributed by atoms with van der Waals surface area (Å²) in [4.78, 5) is 27.0. The molecule has 2 N–H and O–H groups in total. The number of nitrogens with zero attached hydrogens (tertiary/aromatic N) is 1. The van der Waals surface area contributed by atoms with E-state index >= 15 is 0 Å². The number of carbonyl (C=O) groups is 2. The molecule has 0 fully saturated rings. The highest BCUT2D eigenvalue weighted by Crippen LogP contribution is 2.31. The van der Waals surface area contributed by atoms with Crippen molar-refractivity contribution in [1.82, 2.24) is 10.2 Å². The van der Waals surface area contributed by atoms with Gasteiger partial charge in [-0.2, -0.15) is 0 Å². The summed E-state index contributed by atoms with van der Waals surface area (Å²) in [5.41, 5.74) is 3.05. The largest absolute Gasteiger partial charge is 0.459 e. The Morgan fingerprint density at radius 2 is 1.81 bits per heavy atom. The number of carbonyl (C=O) groups excluding carboxylic acids is 2. The van der Waals surface area contributed by atoms with E-state index in [9.17, 15) is 9.59 Å². The van der Waals surface area contributed by atoms with Crippen molar-refractivity contribution in [3.63, 3.8) is 0 Å². The van der Waals surface area contributed by atoms with Crippen molar-refractivity contribution < 1.29 is 14.3 Å². The summed E-state index contributed by atoms with van der Waals surface area (Å²) >= 11 is 11.5. The zero-order chi connectivity index (χ0) is 22.7. The van der Waals surface area contributed by atoms with Crippen LogP contribution in [0.5, 0.6) is 0 Å². The van der Waals surface area contributed by atoms with Gasteiger partial charge < -0.3 is 20.3 Å². The van der Waals surface area contributed by atoms with Gasteiger partial charge in [0.15, 0.2) is 5.11 Å². The molecule has 31 heavy (non-hydrogen) atoms. The number of hydrogen-bond donors (Lipinski definition) is 2. The predicted molar refractivity (Wildman–Crippen MR) is 126 cm³/mol. The molecule has 8 heteroatoms. The maximum atomic E-state index is 12.8. The smallest absolute Gasteiger partial charge is 0.338 e. The van der Waals surface area contributed by atoms with Crippen LogP contribution in [-0.2, 0) is 9.53 Å². The minimum atomic E-state index is -0.455. The topological polar surface area (TPSA) is 70.7 Å². The van der Waals surface area contributed by atoms with Crippen molar-refractivity contribution in [2.24, 2.45) is 0 Å². The Balaban J connectivity index is 1.86. The first-order valence-corrected chi connectivity index (χ1v) is 10.6. The number of hydrogen-bond acceptors (Lipinski definition) is 4. The summed E-state index contributed by atoms with van der Waals surface area (Å²) in [5, 5.41) is 6.93. The van der Waals surface area contributed by atoms with Crippen molar-refractivity contribution in [2.75, 3.05) is 12.4 Å². The number of allylic oxidation sites excluding steroid dienone is 1. The van der Waals surface area contributed by atoms with Crippen LogP contribution < -0.4 is 10.6 Å². The molecular formula is C23H24ClN3O3S. The molecule has 0 spiro atoms. The van der Waals surface area contributed by atoms with Crippen LogP contribution in [0.4, 0.5) is 5.69 Å². The lowest BCUT2D eigenvalue weighted by molar-refractivity contribution is -0.143. The molecule has 2 aromatic carbocycles. The number of ether oxygens (including phenoxy) is 1. The highest BCUT2D eigenvalue weighted by molar-refractivity contribution is 7.80. The van der Waals surface area contributed by atoms with E-state index in [0.29, 0.717) is 27.0 Å². The SMILES string of the molecule is CC1=C(C(=O)OC(C)C)C(c2ccc(NC(=O)c3ccccc3Cl)cc2)NC(=S)N1C. The highest BCUT2D eigenvalue weighted by Gasteiger charge is 2.33. The molecule has 1 unspecified atom stereocenters. The molecule has 1 heterocycles. The highest BCUT2D eigenvalue weighted by atomic mass is 35.5. The number of esters is 1. The third-order valence-electron chi connectivity index (χ3n) is 4.94. The lowest BCUT2D eigenvalue weighted by Crippen LogP contribution is -2.46. The van der Waals surface area contributed by atoms with E-state index in [1.165, 1.54) is 0 Å². The van der Waals surface area contributed by atoms with Crippen molar-refractivity contribution in [3.05, 3.63) is 76.0 Å². The summed E-state index contributed by atoms with van der Waals surface area (Å²) < 4.78 is 5.46. The van der Waals surface area contributed by atoms with Crippen LogP contribution in [0.25, 0.3) is 0 Å². The van der Waals surface area contributed by atoms with Crippen LogP contribution in [0.3, 0.4) is 0 Å². The zero-order valence-electron chi connectivity index (χ0n) is 17.7. The maximum Gasteiger partial charge on any atom is 0.338 e. The van der Waals surface area contributed by atoms with Crippen molar-refractivity contribution in [2.45, 2.75) is 32.9 Å². The van der Waals surface area contributed by atoms with Crippen LogP contribution in [0, 0.1) is 0 Å². The van der Waals surface area contributed by atoms with Crippen LogP contribution in [-0.4, -0.2) is 35.0 Å². The van der Waals surface area contributed by atoms with E-state index in [0.717, 1.165) is 11.3 Å². The van der Waals surface area contributed by atoms with Crippen LogP contribution in [0.1, 0.15) is 42.7 Å². The zero-order valence-corrected chi connectivity index (χ0v) is 19.3. The Morgan fingerprint density at radius 1 is 1.16 bits per heavy atom. The molecule has 2 aromatic rings. The Kier molecular flexibility index (Phi) is 6.97. The average Bonchev–Trinajstić information content (AvgIpc) is 2.72. The summed E-state index contributed by atoms with van der Waals surface area (Å²) in [6.45, 7) is 5.46. The third kappa shape index (κ3) is 5.06. The first-order chi connectivity index (χ1) is 14.7. The van der Waals surface area contributed by atoms with Gasteiger partial charge >= 0.3 is 5.97 Å². The number of rotatable bonds is 5. The predicted octanol–water partition coefficient (Wildman–Crippen LogP) is 4.68. The summed E-state index contributed by atoms with van der Waals surface area (Å²) in [5.74, 6) is -0.690. The van der Waals surface area contributed by atoms with Gasteiger partial charge in [0.1, 0.15) is 0 Å². The van der Waals surface area contributed by atoms with Gasteiger partial charge in [-0.05, 0) is 62.8 Å². The van der Waals surface area contributed by atoms with Crippen LogP contribution in [0.2, 0.25) is 5.02 Å². The summed E-state index contributed by atoms with van der Waals surface area (Å²) in [6, 6.07) is 13.6. The molecular weight excluding hydrogens is 434 g/mol. The minimum Gasteiger partial charge on any atom is -0.459 e. The van der Waals surface area contributed by atoms with Crippen molar-refractivity contribution >= 4 is 46.5 Å². The molecule has 0 saturated heterocycles. The molecule has 1 atom stereocenters. The van der Waals surface area contributed by atoms with Gasteiger partial charge in [0.05, 0.1) is 28.3 Å². The van der Waals surface area contributed by atoms with Crippen molar-refractivity contribution in [1.29, 1.82) is 0 Å². The Hall–Kier alpha value is -2.90. The van der Waals surface area contributed by atoms with Gasteiger partial charge in [0, 0.05) is 18.4 Å². The Bertz CT molecular complexity index is 1050. The Labute approximate surface area is 192 Å². The number of halogens is 1. The number of nitrogens with one attached hydrogen (secondary N) is 2. The lowest BCUT2D eigenvalue weighted by atomic mass is 9.95. The standard InChI is InChI=1S/C23H24ClN3O3S/c1-13(2)30-22(29)19-14(3)27(4)23(31)26-20(19)15-9-11-16(12-10-15)25-21(28)17-7-5-6-8-18(17)24/h5-13,20H,1-4H3,(H,25,28)(H,26,31). The van der Waals surface area contributed by atoms with E-state index in [-0.39, 0.29) is 12.0 Å². The first kappa shape index (κ1) is 22.8. The third-order valence-corrected chi connectivity index (χ3v) is 5.66. The number of benzene rings is 2. The molecule has 162 valence electrons. The molecule has 0 aliphatic carbocycles. The molecule has 0 aromatic heterocycles. The maximum absolute atomic E-state index is 12.8. The van der Waals surface area contributed by atoms with E-state index in [1.807, 2.05) is 32.9 Å². The van der Waals surface area contributed by atoms with E-state index in [1.54, 1.807) is 48.3 Å².